The average molecular weight is 450 g/mol. The second-order valence-electron chi connectivity index (χ2n) is 8.85. The zero-order valence-corrected chi connectivity index (χ0v) is 19.6. The largest absolute Gasteiger partial charge is 0.466 e. The standard InChI is InChI=1S/C26H31N3O2S/c1-2-31-26(30)19-14-16-29(17-15-19)24-23-20-10-6-7-11-21(20)32-25(23)28-22(27-24)13-12-18-8-4-3-5-9-18/h3-5,8-9,19H,2,6-7,10-17H2,1H3. The summed E-state index contributed by atoms with van der Waals surface area (Å²) in [6, 6.07) is 10.6. The van der Waals surface area contributed by atoms with Crippen LogP contribution in [0.1, 0.15) is 54.4 Å². The van der Waals surface area contributed by atoms with Gasteiger partial charge in [-0.05, 0) is 63.0 Å². The third-order valence-electron chi connectivity index (χ3n) is 6.74. The SMILES string of the molecule is CCOC(=O)C1CCN(c2nc(CCc3ccccc3)nc3sc4c(c23)CCCC4)CC1. The molecule has 32 heavy (non-hydrogen) atoms. The molecule has 0 N–H and O–H groups in total. The molecule has 1 fully saturated rings. The number of rotatable bonds is 6. The van der Waals surface area contributed by atoms with E-state index in [1.807, 2.05) is 18.3 Å². The van der Waals surface area contributed by atoms with Crippen molar-refractivity contribution in [2.45, 2.75) is 58.3 Å². The van der Waals surface area contributed by atoms with E-state index < -0.39 is 0 Å². The normalized spacial score (nSPS) is 16.8. The van der Waals surface area contributed by atoms with E-state index >= 15 is 0 Å². The minimum Gasteiger partial charge on any atom is -0.466 e. The Morgan fingerprint density at radius 2 is 1.88 bits per heavy atom. The first kappa shape index (κ1) is 21.4. The predicted octanol–water partition coefficient (Wildman–Crippen LogP) is 5.13. The van der Waals surface area contributed by atoms with E-state index in [0.29, 0.717) is 6.61 Å². The molecule has 0 atom stereocenters. The Balaban J connectivity index is 1.44. The summed E-state index contributed by atoms with van der Waals surface area (Å²) in [7, 11) is 0. The predicted molar refractivity (Wildman–Crippen MR) is 129 cm³/mol. The van der Waals surface area contributed by atoms with Crippen LogP contribution in [0.2, 0.25) is 0 Å². The number of aryl methyl sites for hydroxylation is 4. The topological polar surface area (TPSA) is 55.3 Å². The molecule has 5 nitrogen and oxygen atoms in total. The molecule has 168 valence electrons. The number of benzene rings is 1. The third kappa shape index (κ3) is 4.38. The van der Waals surface area contributed by atoms with Crippen molar-refractivity contribution in [1.82, 2.24) is 9.97 Å². The summed E-state index contributed by atoms with van der Waals surface area (Å²) in [6.07, 6.45) is 8.27. The van der Waals surface area contributed by atoms with Gasteiger partial charge in [0.15, 0.2) is 0 Å². The number of carbonyl (C=O) groups is 1. The zero-order chi connectivity index (χ0) is 21.9. The Morgan fingerprint density at radius 1 is 1.09 bits per heavy atom. The number of piperidine rings is 1. The van der Waals surface area contributed by atoms with Crippen molar-refractivity contribution in [2.24, 2.45) is 5.92 Å². The van der Waals surface area contributed by atoms with Crippen molar-refractivity contribution in [1.29, 1.82) is 0 Å². The van der Waals surface area contributed by atoms with Gasteiger partial charge in [0.1, 0.15) is 16.5 Å². The highest BCUT2D eigenvalue weighted by molar-refractivity contribution is 7.19. The van der Waals surface area contributed by atoms with Crippen LogP contribution < -0.4 is 4.90 Å². The first-order valence-corrected chi connectivity index (χ1v) is 12.8. The van der Waals surface area contributed by atoms with Gasteiger partial charge in [-0.2, -0.15) is 0 Å². The van der Waals surface area contributed by atoms with Gasteiger partial charge >= 0.3 is 5.97 Å². The summed E-state index contributed by atoms with van der Waals surface area (Å²) in [5.74, 6) is 2.00. The van der Waals surface area contributed by atoms with Crippen LogP contribution in [-0.4, -0.2) is 35.6 Å². The molecule has 5 rings (SSSR count). The molecule has 0 spiro atoms. The van der Waals surface area contributed by atoms with E-state index in [1.54, 1.807) is 0 Å². The van der Waals surface area contributed by atoms with Crippen LogP contribution >= 0.6 is 11.3 Å². The Kier molecular flexibility index (Phi) is 6.39. The highest BCUT2D eigenvalue weighted by Gasteiger charge is 2.29. The minimum absolute atomic E-state index is 0.0115. The number of hydrogen-bond acceptors (Lipinski definition) is 6. The molecule has 2 aliphatic rings. The number of carbonyl (C=O) groups excluding carboxylic acids is 1. The zero-order valence-electron chi connectivity index (χ0n) is 18.8. The lowest BCUT2D eigenvalue weighted by Gasteiger charge is -2.32. The van der Waals surface area contributed by atoms with Gasteiger partial charge < -0.3 is 9.64 Å². The first-order valence-electron chi connectivity index (χ1n) is 12.0. The van der Waals surface area contributed by atoms with Gasteiger partial charge in [0.25, 0.3) is 0 Å². The fraction of sp³-hybridized carbons (Fsp3) is 0.500. The maximum absolute atomic E-state index is 12.2. The van der Waals surface area contributed by atoms with Gasteiger partial charge in [0.05, 0.1) is 17.9 Å². The van der Waals surface area contributed by atoms with Crippen molar-refractivity contribution in [3.63, 3.8) is 0 Å². The van der Waals surface area contributed by atoms with Gasteiger partial charge in [-0.25, -0.2) is 9.97 Å². The van der Waals surface area contributed by atoms with E-state index in [4.69, 9.17) is 14.7 Å². The van der Waals surface area contributed by atoms with Crippen molar-refractivity contribution in [3.8, 4) is 0 Å². The maximum Gasteiger partial charge on any atom is 0.309 e. The molecule has 1 aliphatic carbocycles. The number of aromatic nitrogens is 2. The number of nitrogens with zero attached hydrogens (tertiary/aromatic N) is 3. The van der Waals surface area contributed by atoms with Crippen molar-refractivity contribution in [3.05, 3.63) is 52.2 Å². The van der Waals surface area contributed by atoms with Crippen LogP contribution in [-0.2, 0) is 35.2 Å². The fourth-order valence-electron chi connectivity index (χ4n) is 5.01. The Bertz CT molecular complexity index is 1090. The molecule has 0 amide bonds. The number of anilines is 1. The fourth-order valence-corrected chi connectivity index (χ4v) is 6.28. The third-order valence-corrected chi connectivity index (χ3v) is 7.92. The van der Waals surface area contributed by atoms with E-state index in [9.17, 15) is 4.79 Å². The summed E-state index contributed by atoms with van der Waals surface area (Å²) in [4.78, 5) is 27.4. The van der Waals surface area contributed by atoms with E-state index in [0.717, 1.165) is 61.7 Å². The molecule has 6 heteroatoms. The summed E-state index contributed by atoms with van der Waals surface area (Å²) in [5, 5.41) is 1.28. The van der Waals surface area contributed by atoms with Crippen LogP contribution in [0.4, 0.5) is 5.82 Å². The second kappa shape index (κ2) is 9.57. The molecular weight excluding hydrogens is 418 g/mol. The monoisotopic (exact) mass is 449 g/mol. The average Bonchev–Trinajstić information content (AvgIpc) is 3.22. The molecule has 1 aromatic carbocycles. The summed E-state index contributed by atoms with van der Waals surface area (Å²) in [6.45, 7) is 4.02. The molecule has 3 aromatic rings. The van der Waals surface area contributed by atoms with Gasteiger partial charge in [-0.3, -0.25) is 4.79 Å². The summed E-state index contributed by atoms with van der Waals surface area (Å²) < 4.78 is 5.27. The molecule has 0 radical (unpaired) electrons. The number of hydrogen-bond donors (Lipinski definition) is 0. The number of esters is 1. The van der Waals surface area contributed by atoms with E-state index in [2.05, 4.69) is 35.2 Å². The second-order valence-corrected chi connectivity index (χ2v) is 9.94. The number of fused-ring (bicyclic) bond motifs is 3. The minimum atomic E-state index is -0.0450. The summed E-state index contributed by atoms with van der Waals surface area (Å²) in [5.41, 5.74) is 2.80. The smallest absolute Gasteiger partial charge is 0.309 e. The molecule has 0 saturated carbocycles. The number of ether oxygens (including phenoxy) is 1. The van der Waals surface area contributed by atoms with Crippen LogP contribution in [0.25, 0.3) is 10.2 Å². The van der Waals surface area contributed by atoms with Crippen molar-refractivity contribution in [2.75, 3.05) is 24.6 Å². The highest BCUT2D eigenvalue weighted by Crippen LogP contribution is 2.40. The molecule has 1 saturated heterocycles. The van der Waals surface area contributed by atoms with Gasteiger partial charge in [-0.1, -0.05) is 30.3 Å². The van der Waals surface area contributed by atoms with Crippen LogP contribution in [0.5, 0.6) is 0 Å². The van der Waals surface area contributed by atoms with Crippen molar-refractivity contribution >= 4 is 33.3 Å². The Labute approximate surface area is 193 Å². The molecule has 1 aliphatic heterocycles. The lowest BCUT2D eigenvalue weighted by atomic mass is 9.95. The molecule has 0 unspecified atom stereocenters. The van der Waals surface area contributed by atoms with Crippen LogP contribution in [0.15, 0.2) is 30.3 Å². The first-order chi connectivity index (χ1) is 15.7. The Hall–Kier alpha value is -2.47. The summed E-state index contributed by atoms with van der Waals surface area (Å²) >= 11 is 1.87. The van der Waals surface area contributed by atoms with Crippen molar-refractivity contribution < 1.29 is 9.53 Å². The number of thiophene rings is 1. The van der Waals surface area contributed by atoms with Crippen LogP contribution in [0, 0.1) is 5.92 Å². The van der Waals surface area contributed by atoms with Gasteiger partial charge in [-0.15, -0.1) is 11.3 Å². The lowest BCUT2D eigenvalue weighted by molar-refractivity contribution is -0.148. The lowest BCUT2D eigenvalue weighted by Crippen LogP contribution is -2.37. The van der Waals surface area contributed by atoms with E-state index in [1.165, 1.54) is 40.7 Å². The maximum atomic E-state index is 12.2. The highest BCUT2D eigenvalue weighted by atomic mass is 32.1. The molecular formula is C26H31N3O2S. The quantitative estimate of drug-likeness (QED) is 0.488. The molecule has 2 aromatic heterocycles. The van der Waals surface area contributed by atoms with Gasteiger partial charge in [0, 0.05) is 24.4 Å². The Morgan fingerprint density at radius 3 is 2.66 bits per heavy atom. The molecule has 3 heterocycles. The molecule has 0 bridgehead atoms. The van der Waals surface area contributed by atoms with Gasteiger partial charge in [0.2, 0.25) is 0 Å². The van der Waals surface area contributed by atoms with E-state index in [-0.39, 0.29) is 11.9 Å². The van der Waals surface area contributed by atoms with Crippen LogP contribution in [0.3, 0.4) is 0 Å².